The van der Waals surface area contributed by atoms with Crippen LogP contribution in [0.4, 0.5) is 4.39 Å². The Bertz CT molecular complexity index is 394. The monoisotopic (exact) mass is 303 g/mol. The Morgan fingerprint density at radius 2 is 1.95 bits per heavy atom. The first kappa shape index (κ1) is 16.8. The lowest BCUT2D eigenvalue weighted by molar-refractivity contribution is 0.209. The maximum absolute atomic E-state index is 13.3. The van der Waals surface area contributed by atoms with Crippen molar-refractivity contribution in [3.05, 3.63) is 29.6 Å². The van der Waals surface area contributed by atoms with Gasteiger partial charge in [0.1, 0.15) is 5.82 Å². The van der Waals surface area contributed by atoms with Crippen molar-refractivity contribution in [3.63, 3.8) is 0 Å². The topological polar surface area (TPSA) is 3.24 Å². The number of rotatable bonds is 5. The molecule has 2 rings (SSSR count). The molecule has 0 saturated heterocycles. The van der Waals surface area contributed by atoms with Gasteiger partial charge in [0.15, 0.2) is 0 Å². The van der Waals surface area contributed by atoms with E-state index in [0.29, 0.717) is 6.04 Å². The normalized spacial score (nSPS) is 18.0. The molecule has 0 saturated carbocycles. The number of thioether (sulfide) groups is 1. The number of hydrogen-bond donors (Lipinski definition) is 0. The van der Waals surface area contributed by atoms with Gasteiger partial charge in [0.25, 0.3) is 0 Å². The summed E-state index contributed by atoms with van der Waals surface area (Å²) < 4.78 is 13.3. The fourth-order valence-corrected chi connectivity index (χ4v) is 3.83. The number of benzene rings is 1. The second kappa shape index (κ2) is 8.13. The van der Waals surface area contributed by atoms with Gasteiger partial charge < -0.3 is 0 Å². The van der Waals surface area contributed by atoms with E-state index in [1.54, 1.807) is 12.1 Å². The Morgan fingerprint density at radius 3 is 2.58 bits per heavy atom. The molecular weight excluding hydrogens is 281 g/mol. The summed E-state index contributed by atoms with van der Waals surface area (Å²) in [5.41, 5.74) is 1.19. The third kappa shape index (κ3) is 4.37. The quantitative estimate of drug-likeness (QED) is 0.794. The van der Waals surface area contributed by atoms with Gasteiger partial charge in [0.2, 0.25) is 0 Å². The molecular formula is C15H23ClFNS. The zero-order valence-electron chi connectivity index (χ0n) is 11.7. The highest BCUT2D eigenvalue weighted by Gasteiger charge is 2.24. The fourth-order valence-electron chi connectivity index (χ4n) is 2.63. The van der Waals surface area contributed by atoms with Gasteiger partial charge in [-0.1, -0.05) is 13.8 Å². The molecule has 1 unspecified atom stereocenters. The van der Waals surface area contributed by atoms with E-state index in [1.807, 2.05) is 17.8 Å². The van der Waals surface area contributed by atoms with Crippen LogP contribution < -0.4 is 0 Å². The Labute approximate surface area is 126 Å². The largest absolute Gasteiger partial charge is 0.299 e. The average Bonchev–Trinajstić information content (AvgIpc) is 2.37. The van der Waals surface area contributed by atoms with Gasteiger partial charge in [0, 0.05) is 16.7 Å². The SMILES string of the molecule is CCCN(CCC)C1CSc2ccc(F)cc2C1.Cl. The van der Waals surface area contributed by atoms with Crippen LogP contribution in [-0.2, 0) is 6.42 Å². The molecule has 0 spiro atoms. The number of halogens is 2. The Balaban J connectivity index is 0.00000180. The van der Waals surface area contributed by atoms with Crippen molar-refractivity contribution in [1.29, 1.82) is 0 Å². The van der Waals surface area contributed by atoms with Crippen LogP contribution in [0.25, 0.3) is 0 Å². The lowest BCUT2D eigenvalue weighted by Gasteiger charge is -2.34. The van der Waals surface area contributed by atoms with Gasteiger partial charge in [-0.15, -0.1) is 24.2 Å². The minimum absolute atomic E-state index is 0. The van der Waals surface area contributed by atoms with Crippen LogP contribution in [0, 0.1) is 5.82 Å². The van der Waals surface area contributed by atoms with E-state index in [4.69, 9.17) is 0 Å². The first-order valence-electron chi connectivity index (χ1n) is 6.89. The molecule has 4 heteroatoms. The minimum atomic E-state index is -0.104. The van der Waals surface area contributed by atoms with Gasteiger partial charge in [-0.25, -0.2) is 4.39 Å². The number of fused-ring (bicyclic) bond motifs is 1. The van der Waals surface area contributed by atoms with Crippen LogP contribution in [0.3, 0.4) is 0 Å². The van der Waals surface area contributed by atoms with Crippen molar-refractivity contribution in [2.75, 3.05) is 18.8 Å². The predicted molar refractivity (Wildman–Crippen MR) is 84.0 cm³/mol. The molecule has 1 heterocycles. The molecule has 19 heavy (non-hydrogen) atoms. The molecule has 0 N–H and O–H groups in total. The molecule has 0 radical (unpaired) electrons. The summed E-state index contributed by atoms with van der Waals surface area (Å²) in [7, 11) is 0. The van der Waals surface area contributed by atoms with Gasteiger partial charge in [0.05, 0.1) is 0 Å². The highest BCUT2D eigenvalue weighted by atomic mass is 35.5. The van der Waals surface area contributed by atoms with E-state index in [1.165, 1.54) is 23.3 Å². The molecule has 0 fully saturated rings. The molecule has 1 nitrogen and oxygen atoms in total. The summed E-state index contributed by atoms with van der Waals surface area (Å²) in [5, 5.41) is 0. The number of nitrogens with zero attached hydrogens (tertiary/aromatic N) is 1. The predicted octanol–water partition coefficient (Wildman–Crippen LogP) is 4.39. The number of hydrogen-bond acceptors (Lipinski definition) is 2. The van der Waals surface area contributed by atoms with Crippen LogP contribution in [-0.4, -0.2) is 29.8 Å². The van der Waals surface area contributed by atoms with E-state index >= 15 is 0 Å². The third-order valence-corrected chi connectivity index (χ3v) is 4.71. The summed E-state index contributed by atoms with van der Waals surface area (Å²) in [6, 6.07) is 5.78. The van der Waals surface area contributed by atoms with Crippen LogP contribution >= 0.6 is 24.2 Å². The van der Waals surface area contributed by atoms with Crippen molar-refractivity contribution in [1.82, 2.24) is 4.90 Å². The summed E-state index contributed by atoms with van der Waals surface area (Å²) >= 11 is 1.88. The van der Waals surface area contributed by atoms with Crippen molar-refractivity contribution in [2.45, 2.75) is 44.0 Å². The van der Waals surface area contributed by atoms with Gasteiger partial charge in [-0.05, 0) is 56.1 Å². The Morgan fingerprint density at radius 1 is 1.26 bits per heavy atom. The molecule has 0 amide bonds. The van der Waals surface area contributed by atoms with Crippen LogP contribution in [0.5, 0.6) is 0 Å². The molecule has 0 aromatic heterocycles. The van der Waals surface area contributed by atoms with Gasteiger partial charge in [-0.3, -0.25) is 4.90 Å². The van der Waals surface area contributed by atoms with E-state index < -0.39 is 0 Å². The zero-order valence-corrected chi connectivity index (χ0v) is 13.3. The first-order chi connectivity index (χ1) is 8.74. The van der Waals surface area contributed by atoms with Crippen LogP contribution in [0.15, 0.2) is 23.1 Å². The highest BCUT2D eigenvalue weighted by Crippen LogP contribution is 2.32. The van der Waals surface area contributed by atoms with Crippen molar-refractivity contribution in [3.8, 4) is 0 Å². The van der Waals surface area contributed by atoms with E-state index in [9.17, 15) is 4.39 Å². The molecule has 108 valence electrons. The van der Waals surface area contributed by atoms with Crippen molar-refractivity contribution in [2.24, 2.45) is 0 Å². The molecule has 0 aliphatic carbocycles. The third-order valence-electron chi connectivity index (χ3n) is 3.45. The van der Waals surface area contributed by atoms with Crippen LogP contribution in [0.2, 0.25) is 0 Å². The molecule has 1 aliphatic rings. The Hall–Kier alpha value is -0.250. The summed E-state index contributed by atoms with van der Waals surface area (Å²) in [6.45, 7) is 6.77. The maximum atomic E-state index is 13.3. The second-order valence-corrected chi connectivity index (χ2v) is 6.02. The lowest BCUT2D eigenvalue weighted by atomic mass is 10.0. The second-order valence-electron chi connectivity index (χ2n) is 4.96. The summed E-state index contributed by atoms with van der Waals surface area (Å²) in [4.78, 5) is 3.83. The summed E-state index contributed by atoms with van der Waals surface area (Å²) in [6.07, 6.45) is 3.38. The van der Waals surface area contributed by atoms with E-state index in [2.05, 4.69) is 18.7 Å². The van der Waals surface area contributed by atoms with Gasteiger partial charge >= 0.3 is 0 Å². The fraction of sp³-hybridized carbons (Fsp3) is 0.600. The maximum Gasteiger partial charge on any atom is 0.123 e. The standard InChI is InChI=1S/C15H22FNS.ClH/c1-3-7-17(8-4-2)14-10-12-9-13(16)5-6-15(12)18-11-14;/h5-6,9,14H,3-4,7-8,10-11H2,1-2H3;1H. The average molecular weight is 304 g/mol. The van der Waals surface area contributed by atoms with E-state index in [-0.39, 0.29) is 18.2 Å². The molecule has 1 aliphatic heterocycles. The van der Waals surface area contributed by atoms with Crippen molar-refractivity contribution >= 4 is 24.2 Å². The van der Waals surface area contributed by atoms with Crippen LogP contribution in [0.1, 0.15) is 32.3 Å². The summed E-state index contributed by atoms with van der Waals surface area (Å²) in [5.74, 6) is 1.03. The van der Waals surface area contributed by atoms with E-state index in [0.717, 1.165) is 25.3 Å². The van der Waals surface area contributed by atoms with Crippen molar-refractivity contribution < 1.29 is 4.39 Å². The molecule has 1 aromatic rings. The molecule has 1 aromatic carbocycles. The minimum Gasteiger partial charge on any atom is -0.299 e. The molecule has 0 bridgehead atoms. The Kier molecular flexibility index (Phi) is 7.19. The van der Waals surface area contributed by atoms with Gasteiger partial charge in [-0.2, -0.15) is 0 Å². The highest BCUT2D eigenvalue weighted by molar-refractivity contribution is 7.99. The smallest absolute Gasteiger partial charge is 0.123 e. The molecule has 1 atom stereocenters. The first-order valence-corrected chi connectivity index (χ1v) is 7.88. The zero-order chi connectivity index (χ0) is 13.0. The lowest BCUT2D eigenvalue weighted by Crippen LogP contribution is -2.41.